The lowest BCUT2D eigenvalue weighted by Gasteiger charge is -2.45. The number of fused-ring (bicyclic) bond motifs is 6. The molecule has 0 saturated heterocycles. The van der Waals surface area contributed by atoms with Crippen LogP contribution in [0.3, 0.4) is 0 Å². The highest BCUT2D eigenvalue weighted by Crippen LogP contribution is 2.57. The van der Waals surface area contributed by atoms with Gasteiger partial charge in [0.15, 0.2) is 0 Å². The molecule has 2 aromatic rings. The monoisotopic (exact) mass is 280 g/mol. The zero-order valence-electron chi connectivity index (χ0n) is 12.4. The summed E-state index contributed by atoms with van der Waals surface area (Å²) in [5.41, 5.74) is 5.33. The smallest absolute Gasteiger partial charge is 0.115 e. The van der Waals surface area contributed by atoms with E-state index in [1.54, 1.807) is 12.1 Å². The summed E-state index contributed by atoms with van der Waals surface area (Å²) in [4.78, 5) is 0. The first-order chi connectivity index (χ1) is 10.1. The quantitative estimate of drug-likeness (QED) is 0.741. The number of hydrogen-bond acceptors (Lipinski definition) is 2. The molecule has 2 aliphatic rings. The highest BCUT2D eigenvalue weighted by Gasteiger charge is 2.41. The molecule has 2 heteroatoms. The van der Waals surface area contributed by atoms with Crippen molar-refractivity contribution in [1.82, 2.24) is 0 Å². The van der Waals surface area contributed by atoms with E-state index in [1.165, 1.54) is 22.3 Å². The molecule has 0 amide bonds. The van der Waals surface area contributed by atoms with Gasteiger partial charge >= 0.3 is 0 Å². The van der Waals surface area contributed by atoms with Crippen LogP contribution in [0.4, 0.5) is 0 Å². The molecule has 2 bridgehead atoms. The molecule has 0 fully saturated rings. The van der Waals surface area contributed by atoms with Gasteiger partial charge in [-0.05, 0) is 76.6 Å². The SMILES string of the molecule is C[C@@H]1c2ccc(O)cc2C2CC1c1cc(O)ccc1[C@H]2C. The second kappa shape index (κ2) is 4.27. The van der Waals surface area contributed by atoms with Crippen molar-refractivity contribution in [2.45, 2.75) is 43.9 Å². The van der Waals surface area contributed by atoms with Crippen molar-refractivity contribution in [3.05, 3.63) is 58.7 Å². The van der Waals surface area contributed by atoms with Crippen LogP contribution in [-0.2, 0) is 0 Å². The molecule has 4 atom stereocenters. The lowest BCUT2D eigenvalue weighted by Crippen LogP contribution is -2.29. The Morgan fingerprint density at radius 1 is 0.714 bits per heavy atom. The normalized spacial score (nSPS) is 29.6. The van der Waals surface area contributed by atoms with E-state index in [9.17, 15) is 10.2 Å². The zero-order valence-corrected chi connectivity index (χ0v) is 12.4. The van der Waals surface area contributed by atoms with Crippen molar-refractivity contribution in [2.75, 3.05) is 0 Å². The van der Waals surface area contributed by atoms with Crippen molar-refractivity contribution in [3.63, 3.8) is 0 Å². The van der Waals surface area contributed by atoms with E-state index < -0.39 is 0 Å². The van der Waals surface area contributed by atoms with Gasteiger partial charge in [-0.2, -0.15) is 0 Å². The molecule has 2 nitrogen and oxygen atoms in total. The Morgan fingerprint density at radius 3 is 1.57 bits per heavy atom. The molecule has 0 spiro atoms. The van der Waals surface area contributed by atoms with Gasteiger partial charge < -0.3 is 10.2 Å². The third-order valence-corrected chi connectivity index (χ3v) is 5.64. The van der Waals surface area contributed by atoms with Crippen molar-refractivity contribution in [3.8, 4) is 11.5 Å². The summed E-state index contributed by atoms with van der Waals surface area (Å²) in [6, 6.07) is 11.7. The first-order valence-corrected chi connectivity index (χ1v) is 7.72. The fourth-order valence-corrected chi connectivity index (χ4v) is 4.50. The molecule has 0 aliphatic heterocycles. The topological polar surface area (TPSA) is 40.5 Å². The van der Waals surface area contributed by atoms with Gasteiger partial charge in [0, 0.05) is 0 Å². The summed E-state index contributed by atoms with van der Waals surface area (Å²) in [5, 5.41) is 19.7. The van der Waals surface area contributed by atoms with Crippen LogP contribution in [0.25, 0.3) is 0 Å². The second-order valence-electron chi connectivity index (χ2n) is 6.65. The Bertz CT molecular complexity index is 658. The average Bonchev–Trinajstić information content (AvgIpc) is 2.46. The number of rotatable bonds is 0. The number of phenols is 2. The molecular weight excluding hydrogens is 260 g/mol. The van der Waals surface area contributed by atoms with Gasteiger partial charge in [-0.15, -0.1) is 0 Å². The molecule has 2 aliphatic carbocycles. The first-order valence-electron chi connectivity index (χ1n) is 7.72. The van der Waals surface area contributed by atoms with E-state index in [2.05, 4.69) is 26.0 Å². The molecule has 21 heavy (non-hydrogen) atoms. The number of phenolic OH excluding ortho intramolecular Hbond substituents is 2. The number of benzene rings is 2. The van der Waals surface area contributed by atoms with Gasteiger partial charge in [-0.25, -0.2) is 0 Å². The highest BCUT2D eigenvalue weighted by molar-refractivity contribution is 5.52. The molecule has 0 heterocycles. The fourth-order valence-electron chi connectivity index (χ4n) is 4.50. The van der Waals surface area contributed by atoms with E-state index in [4.69, 9.17) is 0 Å². The van der Waals surface area contributed by atoms with Crippen molar-refractivity contribution in [2.24, 2.45) is 0 Å². The van der Waals surface area contributed by atoms with Crippen LogP contribution in [0.5, 0.6) is 11.5 Å². The Labute approximate surface area is 125 Å². The average molecular weight is 280 g/mol. The van der Waals surface area contributed by atoms with Crippen molar-refractivity contribution < 1.29 is 10.2 Å². The largest absolute Gasteiger partial charge is 0.508 e. The van der Waals surface area contributed by atoms with E-state index in [-0.39, 0.29) is 0 Å². The highest BCUT2D eigenvalue weighted by atomic mass is 16.3. The molecular formula is C19H20O2. The zero-order chi connectivity index (χ0) is 14.7. The predicted octanol–water partition coefficient (Wildman–Crippen LogP) is 4.59. The van der Waals surface area contributed by atoms with Crippen LogP contribution in [-0.4, -0.2) is 10.2 Å². The van der Waals surface area contributed by atoms with Gasteiger partial charge in [-0.1, -0.05) is 26.0 Å². The molecule has 0 aromatic heterocycles. The molecule has 2 aromatic carbocycles. The Balaban J connectivity index is 1.94. The van der Waals surface area contributed by atoms with Crippen LogP contribution in [0.15, 0.2) is 36.4 Å². The minimum absolute atomic E-state index is 0.364. The summed E-state index contributed by atoms with van der Waals surface area (Å²) in [5.74, 6) is 2.50. The maximum atomic E-state index is 9.86. The summed E-state index contributed by atoms with van der Waals surface area (Å²) in [6.07, 6.45) is 1.11. The summed E-state index contributed by atoms with van der Waals surface area (Å²) < 4.78 is 0. The molecule has 108 valence electrons. The third-order valence-electron chi connectivity index (χ3n) is 5.64. The molecule has 0 saturated carbocycles. The van der Waals surface area contributed by atoms with Crippen LogP contribution < -0.4 is 0 Å². The van der Waals surface area contributed by atoms with Gasteiger partial charge in [0.05, 0.1) is 0 Å². The first kappa shape index (κ1) is 12.8. The summed E-state index contributed by atoms with van der Waals surface area (Å²) in [6.45, 7) is 4.53. The third kappa shape index (κ3) is 1.71. The lowest BCUT2D eigenvalue weighted by molar-refractivity contribution is 0.367. The number of aromatic hydroxyl groups is 2. The van der Waals surface area contributed by atoms with E-state index in [0.29, 0.717) is 35.2 Å². The van der Waals surface area contributed by atoms with Gasteiger partial charge in [0.2, 0.25) is 0 Å². The van der Waals surface area contributed by atoms with Crippen LogP contribution >= 0.6 is 0 Å². The van der Waals surface area contributed by atoms with Gasteiger partial charge in [0.25, 0.3) is 0 Å². The maximum Gasteiger partial charge on any atom is 0.115 e. The summed E-state index contributed by atoms with van der Waals surface area (Å²) >= 11 is 0. The molecule has 0 radical (unpaired) electrons. The van der Waals surface area contributed by atoms with E-state index >= 15 is 0 Å². The van der Waals surface area contributed by atoms with E-state index in [0.717, 1.165) is 6.42 Å². The minimum atomic E-state index is 0.364. The second-order valence-corrected chi connectivity index (χ2v) is 6.65. The Kier molecular flexibility index (Phi) is 2.59. The summed E-state index contributed by atoms with van der Waals surface area (Å²) in [7, 11) is 0. The minimum Gasteiger partial charge on any atom is -0.508 e. The lowest BCUT2D eigenvalue weighted by atomic mass is 9.59. The Hall–Kier alpha value is -1.96. The predicted molar refractivity (Wildman–Crippen MR) is 83.1 cm³/mol. The van der Waals surface area contributed by atoms with Crippen LogP contribution in [0.2, 0.25) is 0 Å². The Morgan fingerprint density at radius 2 is 1.14 bits per heavy atom. The van der Waals surface area contributed by atoms with Crippen LogP contribution in [0, 0.1) is 0 Å². The number of hydrogen-bond donors (Lipinski definition) is 2. The molecule has 2 N–H and O–H groups in total. The fraction of sp³-hybridized carbons (Fsp3) is 0.368. The van der Waals surface area contributed by atoms with Crippen molar-refractivity contribution >= 4 is 0 Å². The van der Waals surface area contributed by atoms with Gasteiger partial charge in [-0.3, -0.25) is 0 Å². The van der Waals surface area contributed by atoms with Gasteiger partial charge in [0.1, 0.15) is 11.5 Å². The standard InChI is InChI=1S/C19H20O2/c1-10-14-5-3-12(20)7-18(14)17-9-16(10)19-8-13(21)4-6-15(19)11(17)2/h3-8,10-11,16-17,20-21H,9H2,1-2H3/t10-,11-,16?,17?/m1/s1. The molecule has 2 unspecified atom stereocenters. The van der Waals surface area contributed by atoms with E-state index in [1.807, 2.05) is 12.1 Å². The van der Waals surface area contributed by atoms with Crippen LogP contribution in [0.1, 0.15) is 66.2 Å². The maximum absolute atomic E-state index is 9.86. The molecule has 4 rings (SSSR count). The van der Waals surface area contributed by atoms with Crippen molar-refractivity contribution in [1.29, 1.82) is 0 Å².